The summed E-state index contributed by atoms with van der Waals surface area (Å²) in [6.45, 7) is 0.239. The van der Waals surface area contributed by atoms with Crippen LogP contribution < -0.4 is 16.0 Å². The number of nitrogens with zero attached hydrogens (tertiary/aromatic N) is 4. The van der Waals surface area contributed by atoms with Crippen LogP contribution in [0.15, 0.2) is 73.1 Å². The molecule has 0 aliphatic carbocycles. The second-order valence-electron chi connectivity index (χ2n) is 8.73. The predicted molar refractivity (Wildman–Crippen MR) is 153 cm³/mol. The quantitative estimate of drug-likeness (QED) is 0.255. The second-order valence-corrected chi connectivity index (χ2v) is 9.84. The number of imidazole rings is 1. The molecule has 0 unspecified atom stereocenters. The lowest BCUT2D eigenvalue weighted by atomic mass is 10.2. The summed E-state index contributed by atoms with van der Waals surface area (Å²) in [5.41, 5.74) is 8.79. The predicted octanol–water partition coefficient (Wildman–Crippen LogP) is 4.40. The molecule has 5 aromatic rings. The Kier molecular flexibility index (Phi) is 7.32. The van der Waals surface area contributed by atoms with Gasteiger partial charge in [-0.2, -0.15) is 5.10 Å². The number of rotatable bonds is 9. The second kappa shape index (κ2) is 11.2. The van der Waals surface area contributed by atoms with Crippen LogP contribution in [0.1, 0.15) is 36.9 Å². The Labute approximate surface area is 227 Å². The number of H-pyrrole nitrogens is 1. The lowest BCUT2D eigenvalue weighted by Gasteiger charge is -2.17. The summed E-state index contributed by atoms with van der Waals surface area (Å²) in [7, 11) is 1.69. The molecular weight excluding hydrogens is 514 g/mol. The van der Waals surface area contributed by atoms with E-state index in [4.69, 9.17) is 5.73 Å². The number of fused-ring (bicyclic) bond motifs is 1. The van der Waals surface area contributed by atoms with Crippen LogP contribution in [-0.2, 0) is 11.3 Å². The molecule has 0 saturated heterocycles. The zero-order valence-electron chi connectivity index (χ0n) is 21.0. The maximum Gasteiger partial charge on any atom is 0.268 e. The van der Waals surface area contributed by atoms with E-state index < -0.39 is 5.91 Å². The zero-order valence-corrected chi connectivity index (χ0v) is 21.8. The van der Waals surface area contributed by atoms with Gasteiger partial charge in [0.2, 0.25) is 11.9 Å². The van der Waals surface area contributed by atoms with Crippen LogP contribution in [0.4, 0.5) is 11.6 Å². The Bertz CT molecular complexity index is 1670. The summed E-state index contributed by atoms with van der Waals surface area (Å²) in [5, 5.41) is 9.53. The third kappa shape index (κ3) is 5.78. The van der Waals surface area contributed by atoms with Crippen LogP contribution in [0.3, 0.4) is 0 Å². The Hall–Kier alpha value is -5.03. The van der Waals surface area contributed by atoms with Crippen LogP contribution >= 0.6 is 11.3 Å². The first kappa shape index (κ1) is 25.6. The number of hydrogen-bond donors (Lipinski definition) is 3. The van der Waals surface area contributed by atoms with E-state index in [1.165, 1.54) is 11.3 Å². The van der Waals surface area contributed by atoms with Gasteiger partial charge in [0.1, 0.15) is 0 Å². The Morgan fingerprint density at radius 2 is 1.92 bits per heavy atom. The van der Waals surface area contributed by atoms with E-state index in [2.05, 4.69) is 20.5 Å². The molecule has 39 heavy (non-hydrogen) atoms. The highest BCUT2D eigenvalue weighted by molar-refractivity contribution is 7.15. The molecule has 0 atom stereocenters. The number of primary amides is 1. The number of aryl methyl sites for hydroxylation is 1. The van der Waals surface area contributed by atoms with Crippen LogP contribution in [0.25, 0.3) is 23.2 Å². The van der Waals surface area contributed by atoms with Crippen molar-refractivity contribution in [3.05, 3.63) is 93.9 Å². The van der Waals surface area contributed by atoms with E-state index in [0.29, 0.717) is 27.2 Å². The molecule has 0 bridgehead atoms. The molecule has 2 aromatic carbocycles. The summed E-state index contributed by atoms with van der Waals surface area (Å²) in [5.74, 6) is -0.664. The average Bonchev–Trinajstić information content (AvgIpc) is 3.70. The molecule has 0 aliphatic heterocycles. The Balaban J connectivity index is 1.40. The molecule has 0 fully saturated rings. The standard InChI is InChI=1S/C28H25N7O3S/c1-34(27(38)19-5-3-2-4-6-19)20-8-11-23-22(15-20)32-28(35(23)14-13-25(29)36)33-26(37)24-12-10-21(39-24)9-7-18-16-30-31-17-18/h2-12,15-17H,13-14H2,1H3,(H2,29,36)(H,30,31)(H,32,33,37)/b9-7+. The lowest BCUT2D eigenvalue weighted by Crippen LogP contribution is -2.26. The van der Waals surface area contributed by atoms with Gasteiger partial charge in [-0.05, 0) is 48.5 Å². The highest BCUT2D eigenvalue weighted by Gasteiger charge is 2.19. The minimum absolute atomic E-state index is 0.0738. The van der Waals surface area contributed by atoms with Gasteiger partial charge in [-0.25, -0.2) is 4.98 Å². The van der Waals surface area contributed by atoms with Crippen LogP contribution in [0.2, 0.25) is 0 Å². The Morgan fingerprint density at radius 1 is 1.10 bits per heavy atom. The molecule has 3 amide bonds. The molecule has 0 aliphatic rings. The Morgan fingerprint density at radius 3 is 2.67 bits per heavy atom. The SMILES string of the molecule is CN(C(=O)c1ccccc1)c1ccc2c(c1)nc(NC(=O)c1ccc(/C=C/c3cn[nH]c3)s1)n2CCC(N)=O. The molecule has 0 spiro atoms. The van der Waals surface area contributed by atoms with Crippen molar-refractivity contribution < 1.29 is 14.4 Å². The molecular formula is C28H25N7O3S. The summed E-state index contributed by atoms with van der Waals surface area (Å²) in [4.78, 5) is 45.2. The minimum Gasteiger partial charge on any atom is -0.370 e. The number of carbonyl (C=O) groups excluding carboxylic acids is 3. The van der Waals surface area contributed by atoms with E-state index in [1.807, 2.05) is 42.5 Å². The summed E-state index contributed by atoms with van der Waals surface area (Å²) in [6.07, 6.45) is 7.36. The van der Waals surface area contributed by atoms with Crippen molar-refractivity contribution in [2.24, 2.45) is 5.73 Å². The van der Waals surface area contributed by atoms with Crippen LogP contribution in [0.5, 0.6) is 0 Å². The number of hydrogen-bond acceptors (Lipinski definition) is 6. The van der Waals surface area contributed by atoms with Crippen molar-refractivity contribution >= 4 is 63.9 Å². The highest BCUT2D eigenvalue weighted by atomic mass is 32.1. The summed E-state index contributed by atoms with van der Waals surface area (Å²) >= 11 is 1.34. The van der Waals surface area contributed by atoms with E-state index in [1.54, 1.807) is 59.2 Å². The van der Waals surface area contributed by atoms with Crippen molar-refractivity contribution in [1.82, 2.24) is 19.7 Å². The molecule has 11 heteroatoms. The van der Waals surface area contributed by atoms with E-state index in [-0.39, 0.29) is 30.7 Å². The number of nitrogens with two attached hydrogens (primary N) is 1. The van der Waals surface area contributed by atoms with E-state index >= 15 is 0 Å². The summed E-state index contributed by atoms with van der Waals surface area (Å²) in [6, 6.07) is 18.0. The lowest BCUT2D eigenvalue weighted by molar-refractivity contribution is -0.118. The van der Waals surface area contributed by atoms with Crippen LogP contribution in [0, 0.1) is 0 Å². The van der Waals surface area contributed by atoms with Crippen molar-refractivity contribution in [1.29, 1.82) is 0 Å². The third-order valence-electron chi connectivity index (χ3n) is 6.06. The van der Waals surface area contributed by atoms with Gasteiger partial charge in [0.25, 0.3) is 11.8 Å². The monoisotopic (exact) mass is 539 g/mol. The van der Waals surface area contributed by atoms with Gasteiger partial charge in [-0.1, -0.05) is 24.3 Å². The van der Waals surface area contributed by atoms with Gasteiger partial charge in [0.15, 0.2) is 0 Å². The highest BCUT2D eigenvalue weighted by Crippen LogP contribution is 2.27. The fourth-order valence-electron chi connectivity index (χ4n) is 4.02. The normalized spacial score (nSPS) is 11.2. The largest absolute Gasteiger partial charge is 0.370 e. The van der Waals surface area contributed by atoms with Gasteiger partial charge < -0.3 is 15.2 Å². The van der Waals surface area contributed by atoms with Crippen molar-refractivity contribution in [2.75, 3.05) is 17.3 Å². The van der Waals surface area contributed by atoms with Gasteiger partial charge in [-0.3, -0.25) is 24.8 Å². The number of anilines is 2. The fraction of sp³-hybridized carbons (Fsp3) is 0.107. The van der Waals surface area contributed by atoms with Crippen molar-refractivity contribution in [3.63, 3.8) is 0 Å². The van der Waals surface area contributed by atoms with Crippen LogP contribution in [-0.4, -0.2) is 44.5 Å². The molecule has 4 N–H and O–H groups in total. The average molecular weight is 540 g/mol. The van der Waals surface area contributed by atoms with Gasteiger partial charge in [0.05, 0.1) is 22.1 Å². The van der Waals surface area contributed by atoms with Gasteiger partial charge in [-0.15, -0.1) is 11.3 Å². The number of carbonyl (C=O) groups is 3. The summed E-state index contributed by atoms with van der Waals surface area (Å²) < 4.78 is 1.74. The zero-order chi connectivity index (χ0) is 27.4. The van der Waals surface area contributed by atoms with Gasteiger partial charge >= 0.3 is 0 Å². The third-order valence-corrected chi connectivity index (χ3v) is 7.11. The first-order valence-electron chi connectivity index (χ1n) is 12.1. The fourth-order valence-corrected chi connectivity index (χ4v) is 4.83. The number of amides is 3. The first-order valence-corrected chi connectivity index (χ1v) is 12.9. The maximum absolute atomic E-state index is 13.1. The number of nitrogens with one attached hydrogen (secondary N) is 2. The number of thiophene rings is 1. The van der Waals surface area contributed by atoms with E-state index in [0.717, 1.165) is 10.4 Å². The molecule has 5 rings (SSSR count). The molecule has 196 valence electrons. The molecule has 3 heterocycles. The number of aromatic nitrogens is 4. The number of benzene rings is 2. The van der Waals surface area contributed by atoms with E-state index in [9.17, 15) is 14.4 Å². The number of aromatic amines is 1. The molecule has 3 aromatic heterocycles. The van der Waals surface area contributed by atoms with Crippen molar-refractivity contribution in [2.45, 2.75) is 13.0 Å². The molecule has 0 radical (unpaired) electrons. The first-order chi connectivity index (χ1) is 18.9. The minimum atomic E-state index is -0.466. The smallest absolute Gasteiger partial charge is 0.268 e. The molecule has 0 saturated carbocycles. The van der Waals surface area contributed by atoms with Crippen molar-refractivity contribution in [3.8, 4) is 0 Å². The maximum atomic E-state index is 13.1. The molecule has 10 nitrogen and oxygen atoms in total. The van der Waals surface area contributed by atoms with Gasteiger partial charge in [0, 0.05) is 47.9 Å². The topological polar surface area (TPSA) is 139 Å².